The largest absolute Gasteiger partial charge is 0.345 e. The van der Waals surface area contributed by atoms with E-state index in [4.69, 9.17) is 0 Å². The minimum absolute atomic E-state index is 0.233. The molecule has 0 aliphatic carbocycles. The molecule has 3 aromatic rings. The maximum atomic E-state index is 12.1. The maximum absolute atomic E-state index is 12.1. The van der Waals surface area contributed by atoms with Crippen molar-refractivity contribution in [3.8, 4) is 0 Å². The molecule has 2 heterocycles. The molecular formula is C13H11N5O. The Labute approximate surface area is 108 Å². The van der Waals surface area contributed by atoms with E-state index < -0.39 is 0 Å². The number of hydrogen-bond acceptors (Lipinski definition) is 4. The van der Waals surface area contributed by atoms with E-state index in [9.17, 15) is 4.79 Å². The summed E-state index contributed by atoms with van der Waals surface area (Å²) in [6.07, 6.45) is 1.59. The van der Waals surface area contributed by atoms with Gasteiger partial charge in [0.1, 0.15) is 0 Å². The highest BCUT2D eigenvalue weighted by molar-refractivity contribution is 6.04. The van der Waals surface area contributed by atoms with Crippen LogP contribution in [0, 0.1) is 0 Å². The third kappa shape index (κ3) is 2.28. The van der Waals surface area contributed by atoms with Crippen LogP contribution < -0.4 is 5.32 Å². The predicted octanol–water partition coefficient (Wildman–Crippen LogP) is 1.28. The summed E-state index contributed by atoms with van der Waals surface area (Å²) in [5.74, 6) is -0.233. The highest BCUT2D eigenvalue weighted by atomic mass is 16.1. The third-order valence-corrected chi connectivity index (χ3v) is 2.74. The van der Waals surface area contributed by atoms with Crippen molar-refractivity contribution in [1.82, 2.24) is 25.7 Å². The SMILES string of the molecule is O=C(NCc1cccnn1)c1n[nH]c2ccccc12. The number of hydrogen-bond donors (Lipinski definition) is 2. The number of nitrogens with one attached hydrogen (secondary N) is 2. The molecule has 1 amide bonds. The summed E-state index contributed by atoms with van der Waals surface area (Å²) in [6, 6.07) is 11.1. The Morgan fingerprint density at radius 2 is 2.11 bits per heavy atom. The van der Waals surface area contributed by atoms with Gasteiger partial charge in [-0.3, -0.25) is 9.89 Å². The molecule has 0 unspecified atom stereocenters. The molecule has 0 fully saturated rings. The number of H-pyrrole nitrogens is 1. The second-order valence-corrected chi connectivity index (χ2v) is 4.02. The van der Waals surface area contributed by atoms with Gasteiger partial charge in [0.2, 0.25) is 0 Å². The molecule has 0 spiro atoms. The summed E-state index contributed by atoms with van der Waals surface area (Å²) in [5, 5.41) is 18.1. The van der Waals surface area contributed by atoms with Crippen LogP contribution in [-0.2, 0) is 6.54 Å². The van der Waals surface area contributed by atoms with Crippen LogP contribution in [0.1, 0.15) is 16.2 Å². The fourth-order valence-corrected chi connectivity index (χ4v) is 1.82. The average molecular weight is 253 g/mol. The number of fused-ring (bicyclic) bond motifs is 1. The molecule has 0 saturated heterocycles. The van der Waals surface area contributed by atoms with Crippen molar-refractivity contribution in [2.75, 3.05) is 0 Å². The average Bonchev–Trinajstić information content (AvgIpc) is 2.90. The lowest BCUT2D eigenvalue weighted by molar-refractivity contribution is 0.0947. The van der Waals surface area contributed by atoms with Crippen LogP contribution in [0.15, 0.2) is 42.6 Å². The fraction of sp³-hybridized carbons (Fsp3) is 0.0769. The van der Waals surface area contributed by atoms with E-state index in [1.165, 1.54) is 0 Å². The number of carbonyl (C=O) groups is 1. The van der Waals surface area contributed by atoms with Crippen molar-refractivity contribution in [1.29, 1.82) is 0 Å². The number of nitrogens with zero attached hydrogens (tertiary/aromatic N) is 3. The fourth-order valence-electron chi connectivity index (χ4n) is 1.82. The number of aromatic amines is 1. The summed E-state index contributed by atoms with van der Waals surface area (Å²) in [5.41, 5.74) is 1.93. The first-order valence-electron chi connectivity index (χ1n) is 5.82. The smallest absolute Gasteiger partial charge is 0.272 e. The molecule has 19 heavy (non-hydrogen) atoms. The highest BCUT2D eigenvalue weighted by Gasteiger charge is 2.13. The molecule has 0 radical (unpaired) electrons. The summed E-state index contributed by atoms with van der Waals surface area (Å²) in [6.45, 7) is 0.327. The minimum Gasteiger partial charge on any atom is -0.345 e. The Morgan fingerprint density at radius 3 is 2.95 bits per heavy atom. The van der Waals surface area contributed by atoms with Crippen LogP contribution in [-0.4, -0.2) is 26.3 Å². The predicted molar refractivity (Wildman–Crippen MR) is 69.3 cm³/mol. The van der Waals surface area contributed by atoms with Crippen LogP contribution in [0.4, 0.5) is 0 Å². The molecule has 6 nitrogen and oxygen atoms in total. The molecule has 0 aliphatic rings. The standard InChI is InChI=1S/C13H11N5O/c19-13(14-8-9-4-3-7-15-16-9)12-10-5-1-2-6-11(10)17-18-12/h1-7H,8H2,(H,14,19)(H,17,18). The van der Waals surface area contributed by atoms with E-state index in [0.29, 0.717) is 17.9 Å². The van der Waals surface area contributed by atoms with Crippen molar-refractivity contribution in [3.05, 3.63) is 54.0 Å². The molecular weight excluding hydrogens is 242 g/mol. The van der Waals surface area contributed by atoms with Gasteiger partial charge in [-0.2, -0.15) is 15.3 Å². The van der Waals surface area contributed by atoms with Crippen molar-refractivity contribution in [2.24, 2.45) is 0 Å². The van der Waals surface area contributed by atoms with Gasteiger partial charge >= 0.3 is 0 Å². The number of carbonyl (C=O) groups excluding carboxylic acids is 1. The van der Waals surface area contributed by atoms with Crippen LogP contribution >= 0.6 is 0 Å². The molecule has 2 aromatic heterocycles. The first kappa shape index (κ1) is 11.3. The van der Waals surface area contributed by atoms with Gasteiger partial charge in [0, 0.05) is 11.6 Å². The van der Waals surface area contributed by atoms with Crippen LogP contribution in [0.5, 0.6) is 0 Å². The maximum Gasteiger partial charge on any atom is 0.272 e. The van der Waals surface area contributed by atoms with Crippen molar-refractivity contribution < 1.29 is 4.79 Å². The Kier molecular flexibility index (Phi) is 2.89. The van der Waals surface area contributed by atoms with E-state index in [1.807, 2.05) is 24.3 Å². The van der Waals surface area contributed by atoms with Crippen LogP contribution in [0.25, 0.3) is 10.9 Å². The normalized spacial score (nSPS) is 10.5. The zero-order valence-electron chi connectivity index (χ0n) is 10.00. The Bertz CT molecular complexity index is 707. The van der Waals surface area contributed by atoms with Crippen LogP contribution in [0.2, 0.25) is 0 Å². The monoisotopic (exact) mass is 253 g/mol. The summed E-state index contributed by atoms with van der Waals surface area (Å²) in [7, 11) is 0. The number of benzene rings is 1. The molecule has 1 aromatic carbocycles. The molecule has 0 saturated carbocycles. The Balaban J connectivity index is 1.77. The Hall–Kier alpha value is -2.76. The van der Waals surface area contributed by atoms with E-state index in [1.54, 1.807) is 18.3 Å². The Morgan fingerprint density at radius 1 is 1.21 bits per heavy atom. The van der Waals surface area contributed by atoms with Crippen molar-refractivity contribution in [3.63, 3.8) is 0 Å². The number of para-hydroxylation sites is 1. The molecule has 94 valence electrons. The van der Waals surface area contributed by atoms with Gasteiger partial charge in [-0.1, -0.05) is 18.2 Å². The van der Waals surface area contributed by atoms with Crippen molar-refractivity contribution >= 4 is 16.8 Å². The third-order valence-electron chi connectivity index (χ3n) is 2.74. The van der Waals surface area contributed by atoms with Gasteiger partial charge < -0.3 is 5.32 Å². The lowest BCUT2D eigenvalue weighted by atomic mass is 10.2. The van der Waals surface area contributed by atoms with E-state index >= 15 is 0 Å². The van der Waals surface area contributed by atoms with Gasteiger partial charge in [0.15, 0.2) is 5.69 Å². The second kappa shape index (κ2) is 4.85. The van der Waals surface area contributed by atoms with E-state index in [0.717, 1.165) is 10.9 Å². The van der Waals surface area contributed by atoms with Gasteiger partial charge in [0.25, 0.3) is 5.91 Å². The van der Waals surface area contributed by atoms with Gasteiger partial charge in [-0.25, -0.2) is 0 Å². The molecule has 0 aliphatic heterocycles. The topological polar surface area (TPSA) is 83.6 Å². The van der Waals surface area contributed by atoms with E-state index in [2.05, 4.69) is 25.7 Å². The summed E-state index contributed by atoms with van der Waals surface area (Å²) in [4.78, 5) is 12.1. The van der Waals surface area contributed by atoms with Gasteiger partial charge in [0.05, 0.1) is 17.8 Å². The van der Waals surface area contributed by atoms with Crippen LogP contribution in [0.3, 0.4) is 0 Å². The van der Waals surface area contributed by atoms with Gasteiger partial charge in [-0.15, -0.1) is 0 Å². The number of rotatable bonds is 3. The first-order chi connectivity index (χ1) is 9.34. The molecule has 2 N–H and O–H groups in total. The van der Waals surface area contributed by atoms with Crippen molar-refractivity contribution in [2.45, 2.75) is 6.54 Å². The minimum atomic E-state index is -0.233. The number of aromatic nitrogens is 4. The molecule has 0 atom stereocenters. The molecule has 3 rings (SSSR count). The molecule has 0 bridgehead atoms. The first-order valence-corrected chi connectivity index (χ1v) is 5.82. The summed E-state index contributed by atoms with van der Waals surface area (Å²) < 4.78 is 0. The zero-order valence-corrected chi connectivity index (χ0v) is 10.00. The highest BCUT2D eigenvalue weighted by Crippen LogP contribution is 2.14. The second-order valence-electron chi connectivity index (χ2n) is 4.02. The zero-order chi connectivity index (χ0) is 13.1. The molecule has 6 heteroatoms. The number of amides is 1. The van der Waals surface area contributed by atoms with Gasteiger partial charge in [-0.05, 0) is 18.2 Å². The summed E-state index contributed by atoms with van der Waals surface area (Å²) >= 11 is 0. The quantitative estimate of drug-likeness (QED) is 0.736. The lowest BCUT2D eigenvalue weighted by Gasteiger charge is -2.01. The lowest BCUT2D eigenvalue weighted by Crippen LogP contribution is -2.24. The van der Waals surface area contributed by atoms with E-state index in [-0.39, 0.29) is 5.91 Å².